The average Bonchev–Trinajstić information content (AvgIpc) is 3.12. The van der Waals surface area contributed by atoms with Crippen LogP contribution in [0.25, 0.3) is 22.6 Å². The summed E-state index contributed by atoms with van der Waals surface area (Å²) in [6.07, 6.45) is 3.83. The maximum absolute atomic E-state index is 6.25. The third-order valence-electron chi connectivity index (χ3n) is 5.02. The fourth-order valence-electron chi connectivity index (χ4n) is 3.66. The van der Waals surface area contributed by atoms with E-state index in [0.717, 1.165) is 54.3 Å². The van der Waals surface area contributed by atoms with Gasteiger partial charge in [0.05, 0.1) is 24.0 Å². The van der Waals surface area contributed by atoms with Gasteiger partial charge in [-0.1, -0.05) is 11.6 Å². The van der Waals surface area contributed by atoms with Gasteiger partial charge in [0, 0.05) is 12.6 Å². The summed E-state index contributed by atoms with van der Waals surface area (Å²) >= 11 is 6.25. The van der Waals surface area contributed by atoms with Crippen LogP contribution in [0, 0.1) is 0 Å². The molecule has 2 aromatic heterocycles. The van der Waals surface area contributed by atoms with Crippen molar-refractivity contribution in [3.8, 4) is 17.1 Å². The number of piperidine rings is 1. The van der Waals surface area contributed by atoms with Gasteiger partial charge in [0.2, 0.25) is 0 Å². The molecule has 3 N–H and O–H groups in total. The number of hydrogen-bond acceptors (Lipinski definition) is 5. The van der Waals surface area contributed by atoms with E-state index in [1.807, 2.05) is 13.1 Å². The number of methoxy groups -OCH3 is 1. The van der Waals surface area contributed by atoms with Gasteiger partial charge in [-0.15, -0.1) is 0 Å². The van der Waals surface area contributed by atoms with E-state index in [2.05, 4.69) is 32.7 Å². The monoisotopic (exact) mass is 371 g/mol. The van der Waals surface area contributed by atoms with Gasteiger partial charge < -0.3 is 20.4 Å². The van der Waals surface area contributed by atoms with Crippen LogP contribution in [0.15, 0.2) is 24.4 Å². The lowest BCUT2D eigenvalue weighted by Gasteiger charge is -2.25. The number of rotatable bonds is 4. The summed E-state index contributed by atoms with van der Waals surface area (Å²) in [5, 5.41) is 7.13. The van der Waals surface area contributed by atoms with E-state index in [1.54, 1.807) is 13.3 Å². The molecule has 0 spiro atoms. The van der Waals surface area contributed by atoms with Crippen LogP contribution in [0.4, 0.5) is 5.69 Å². The minimum Gasteiger partial charge on any atom is -0.497 e. The minimum atomic E-state index is 0.481. The molecule has 4 rings (SSSR count). The summed E-state index contributed by atoms with van der Waals surface area (Å²) in [7, 11) is 3.54. The van der Waals surface area contributed by atoms with Crippen LogP contribution in [-0.4, -0.2) is 42.2 Å². The van der Waals surface area contributed by atoms with Gasteiger partial charge in [0.25, 0.3) is 0 Å². The normalized spacial score (nSPS) is 15.3. The molecule has 0 radical (unpaired) electrons. The zero-order valence-corrected chi connectivity index (χ0v) is 15.7. The Morgan fingerprint density at radius 1 is 1.27 bits per heavy atom. The maximum atomic E-state index is 6.25. The van der Waals surface area contributed by atoms with Crippen molar-refractivity contribution in [1.29, 1.82) is 0 Å². The predicted molar refractivity (Wildman–Crippen MR) is 105 cm³/mol. The molecule has 0 bridgehead atoms. The molecule has 0 atom stereocenters. The maximum Gasteiger partial charge on any atom is 0.180 e. The number of ether oxygens (including phenoxy) is 1. The van der Waals surface area contributed by atoms with Crippen molar-refractivity contribution in [2.45, 2.75) is 18.8 Å². The van der Waals surface area contributed by atoms with Crippen molar-refractivity contribution < 1.29 is 4.74 Å². The second-order valence-corrected chi connectivity index (χ2v) is 6.90. The van der Waals surface area contributed by atoms with E-state index in [9.17, 15) is 0 Å². The zero-order valence-electron chi connectivity index (χ0n) is 14.9. The number of aromatic nitrogens is 3. The van der Waals surface area contributed by atoms with Crippen molar-refractivity contribution in [1.82, 2.24) is 20.3 Å². The number of pyridine rings is 1. The number of benzene rings is 1. The van der Waals surface area contributed by atoms with Crippen LogP contribution < -0.4 is 15.4 Å². The quantitative estimate of drug-likeness (QED) is 0.650. The second-order valence-electron chi connectivity index (χ2n) is 6.49. The van der Waals surface area contributed by atoms with Crippen molar-refractivity contribution in [3.05, 3.63) is 35.0 Å². The van der Waals surface area contributed by atoms with Crippen LogP contribution in [-0.2, 0) is 0 Å². The van der Waals surface area contributed by atoms with E-state index in [0.29, 0.717) is 16.6 Å². The fourth-order valence-corrected chi connectivity index (χ4v) is 3.90. The summed E-state index contributed by atoms with van der Waals surface area (Å²) < 4.78 is 5.46. The first kappa shape index (κ1) is 17.1. The number of nitrogens with zero attached hydrogens (tertiary/aromatic N) is 2. The van der Waals surface area contributed by atoms with Gasteiger partial charge in [-0.2, -0.15) is 0 Å². The van der Waals surface area contributed by atoms with Crippen molar-refractivity contribution in [2.75, 3.05) is 32.6 Å². The average molecular weight is 372 g/mol. The minimum absolute atomic E-state index is 0.481. The molecule has 1 aromatic carbocycles. The van der Waals surface area contributed by atoms with E-state index >= 15 is 0 Å². The number of aromatic amines is 1. The molecule has 0 unspecified atom stereocenters. The largest absolute Gasteiger partial charge is 0.497 e. The number of H-pyrrole nitrogens is 1. The highest BCUT2D eigenvalue weighted by atomic mass is 35.5. The molecule has 1 fully saturated rings. The van der Waals surface area contributed by atoms with E-state index < -0.39 is 0 Å². The Balaban J connectivity index is 1.85. The molecule has 3 aromatic rings. The Hall–Kier alpha value is -2.31. The van der Waals surface area contributed by atoms with Crippen LogP contribution in [0.1, 0.15) is 24.3 Å². The highest BCUT2D eigenvalue weighted by Gasteiger charge is 2.22. The van der Waals surface area contributed by atoms with Crippen LogP contribution in [0.2, 0.25) is 5.02 Å². The Morgan fingerprint density at radius 2 is 2.08 bits per heavy atom. The Bertz CT molecular complexity index is 933. The molecule has 0 amide bonds. The summed E-state index contributed by atoms with van der Waals surface area (Å²) in [6, 6.07) is 6.19. The zero-order chi connectivity index (χ0) is 18.1. The molecule has 0 aliphatic carbocycles. The van der Waals surface area contributed by atoms with E-state index in [4.69, 9.17) is 21.3 Å². The highest BCUT2D eigenvalue weighted by molar-refractivity contribution is 6.34. The summed E-state index contributed by atoms with van der Waals surface area (Å²) in [5.41, 5.74) is 4.64. The van der Waals surface area contributed by atoms with Crippen LogP contribution in [0.5, 0.6) is 5.75 Å². The lowest BCUT2D eigenvalue weighted by molar-refractivity contribution is 0.411. The van der Waals surface area contributed by atoms with Gasteiger partial charge >= 0.3 is 0 Å². The molecular weight excluding hydrogens is 350 g/mol. The smallest absolute Gasteiger partial charge is 0.180 e. The summed E-state index contributed by atoms with van der Waals surface area (Å²) in [6.45, 7) is 2.06. The standard InChI is InChI=1S/C19H22ClN5O/c1-21-16-15(20)10-23-19-17(16)24-18(25-19)13-4-3-12(26-2)9-14(13)11-5-7-22-8-6-11/h3-4,9-11,22H,5-8H2,1-2H3,(H2,21,23,24,25). The molecule has 0 saturated carbocycles. The number of fused-ring (bicyclic) bond motifs is 1. The topological polar surface area (TPSA) is 74.9 Å². The number of nitrogens with one attached hydrogen (secondary N) is 3. The van der Waals surface area contributed by atoms with Gasteiger partial charge in [-0.25, -0.2) is 9.97 Å². The van der Waals surface area contributed by atoms with Crippen LogP contribution in [0.3, 0.4) is 0 Å². The number of hydrogen-bond donors (Lipinski definition) is 3. The first-order valence-electron chi connectivity index (χ1n) is 8.82. The summed E-state index contributed by atoms with van der Waals surface area (Å²) in [4.78, 5) is 12.5. The van der Waals surface area contributed by atoms with Gasteiger partial charge in [0.15, 0.2) is 5.65 Å². The molecule has 1 saturated heterocycles. The third-order valence-corrected chi connectivity index (χ3v) is 5.30. The number of anilines is 1. The SMILES string of the molecule is CNc1c(Cl)cnc2nc(-c3ccc(OC)cc3C3CCNCC3)[nH]c12. The fraction of sp³-hybridized carbons (Fsp3) is 0.368. The molecule has 1 aliphatic heterocycles. The van der Waals surface area contributed by atoms with Gasteiger partial charge in [0.1, 0.15) is 17.1 Å². The molecule has 6 nitrogen and oxygen atoms in total. The van der Waals surface area contributed by atoms with Gasteiger partial charge in [-0.3, -0.25) is 0 Å². The molecule has 3 heterocycles. The Kier molecular flexibility index (Phi) is 4.70. The van der Waals surface area contributed by atoms with Crippen LogP contribution >= 0.6 is 11.6 Å². The lowest BCUT2D eigenvalue weighted by atomic mass is 9.86. The van der Waals surface area contributed by atoms with E-state index in [-0.39, 0.29) is 0 Å². The molecule has 136 valence electrons. The first-order chi connectivity index (χ1) is 12.7. The highest BCUT2D eigenvalue weighted by Crippen LogP contribution is 2.37. The second kappa shape index (κ2) is 7.13. The summed E-state index contributed by atoms with van der Waals surface area (Å²) in [5.74, 6) is 2.16. The molecule has 26 heavy (non-hydrogen) atoms. The van der Waals surface area contributed by atoms with E-state index in [1.165, 1.54) is 5.56 Å². The van der Waals surface area contributed by atoms with Crippen molar-refractivity contribution in [2.24, 2.45) is 0 Å². The molecule has 1 aliphatic rings. The molecular formula is C19H22ClN5O. The predicted octanol–water partition coefficient (Wildman–Crippen LogP) is 3.80. The Labute approximate surface area is 157 Å². The number of imidazole rings is 1. The first-order valence-corrected chi connectivity index (χ1v) is 9.20. The molecule has 7 heteroatoms. The Morgan fingerprint density at radius 3 is 2.81 bits per heavy atom. The van der Waals surface area contributed by atoms with Crippen molar-refractivity contribution in [3.63, 3.8) is 0 Å². The third kappa shape index (κ3) is 2.99. The number of halogens is 1. The van der Waals surface area contributed by atoms with Crippen molar-refractivity contribution >= 4 is 28.5 Å². The lowest BCUT2D eigenvalue weighted by Crippen LogP contribution is -2.26. The van der Waals surface area contributed by atoms with Gasteiger partial charge in [-0.05, 0) is 55.6 Å².